The Morgan fingerprint density at radius 3 is 2.61 bits per heavy atom. The van der Waals surface area contributed by atoms with E-state index < -0.39 is 24.0 Å². The molecule has 0 bridgehead atoms. The summed E-state index contributed by atoms with van der Waals surface area (Å²) in [5.74, 6) is -1.50. The molecule has 1 rings (SSSR count). The molecular formula is C11H21N3O4. The third kappa shape index (κ3) is 3.94. The van der Waals surface area contributed by atoms with Crippen molar-refractivity contribution >= 4 is 11.9 Å². The molecule has 18 heavy (non-hydrogen) atoms. The fraction of sp³-hybridized carbons (Fsp3) is 0.818. The summed E-state index contributed by atoms with van der Waals surface area (Å²) in [7, 11) is 3.76. The maximum Gasteiger partial charge on any atom is 0.305 e. The van der Waals surface area contributed by atoms with E-state index in [-0.39, 0.29) is 19.0 Å². The number of carbonyl (C=O) groups excluding carboxylic acids is 1. The van der Waals surface area contributed by atoms with Gasteiger partial charge in [0.2, 0.25) is 5.91 Å². The van der Waals surface area contributed by atoms with Crippen molar-refractivity contribution in [1.82, 2.24) is 9.80 Å². The van der Waals surface area contributed by atoms with Crippen LogP contribution in [0.1, 0.15) is 12.8 Å². The minimum atomic E-state index is -1.10. The fourth-order valence-electron chi connectivity index (χ4n) is 2.24. The van der Waals surface area contributed by atoms with Crippen LogP contribution in [0.4, 0.5) is 0 Å². The van der Waals surface area contributed by atoms with Crippen LogP contribution in [-0.2, 0) is 9.59 Å². The van der Waals surface area contributed by atoms with Gasteiger partial charge in [-0.25, -0.2) is 0 Å². The first kappa shape index (κ1) is 14.9. The number of amides is 1. The Balaban J connectivity index is 2.66. The molecule has 7 nitrogen and oxygen atoms in total. The lowest BCUT2D eigenvalue weighted by molar-refractivity contribution is -0.142. The molecule has 0 radical (unpaired) electrons. The third-order valence-corrected chi connectivity index (χ3v) is 2.96. The van der Waals surface area contributed by atoms with Gasteiger partial charge >= 0.3 is 5.97 Å². The highest BCUT2D eigenvalue weighted by Gasteiger charge is 2.36. The number of aliphatic carboxylic acids is 1. The lowest BCUT2D eigenvalue weighted by atomic mass is 10.1. The van der Waals surface area contributed by atoms with E-state index in [0.717, 1.165) is 0 Å². The van der Waals surface area contributed by atoms with E-state index in [2.05, 4.69) is 0 Å². The number of hydrogen-bond donors (Lipinski definition) is 3. The van der Waals surface area contributed by atoms with Crippen molar-refractivity contribution in [1.29, 1.82) is 0 Å². The molecule has 1 saturated heterocycles. The maximum atomic E-state index is 12.0. The number of β-amino-alcohol motifs (C(OH)–C–C–N with tert-alkyl or cyclic N) is 1. The Morgan fingerprint density at radius 2 is 2.11 bits per heavy atom. The molecule has 7 heteroatoms. The second-order valence-corrected chi connectivity index (χ2v) is 5.00. The summed E-state index contributed by atoms with van der Waals surface area (Å²) in [6.07, 6.45) is -0.444. The molecule has 0 aromatic heterocycles. The molecule has 0 spiro atoms. The van der Waals surface area contributed by atoms with Crippen molar-refractivity contribution in [2.24, 2.45) is 5.73 Å². The highest BCUT2D eigenvalue weighted by atomic mass is 16.4. The molecule has 104 valence electrons. The van der Waals surface area contributed by atoms with Crippen molar-refractivity contribution in [3.63, 3.8) is 0 Å². The number of nitrogens with zero attached hydrogens (tertiary/aromatic N) is 2. The summed E-state index contributed by atoms with van der Waals surface area (Å²) >= 11 is 0. The van der Waals surface area contributed by atoms with Gasteiger partial charge in [0.05, 0.1) is 18.6 Å². The van der Waals surface area contributed by atoms with Gasteiger partial charge in [-0.3, -0.25) is 9.59 Å². The monoisotopic (exact) mass is 259 g/mol. The number of carbonyl (C=O) groups is 2. The number of likely N-dealkylation sites (tertiary alicyclic amines) is 1. The van der Waals surface area contributed by atoms with Gasteiger partial charge in [0.15, 0.2) is 0 Å². The lowest BCUT2D eigenvalue weighted by Gasteiger charge is -2.28. The van der Waals surface area contributed by atoms with Crippen LogP contribution >= 0.6 is 0 Å². The van der Waals surface area contributed by atoms with E-state index >= 15 is 0 Å². The van der Waals surface area contributed by atoms with Crippen molar-refractivity contribution in [3.05, 3.63) is 0 Å². The van der Waals surface area contributed by atoms with Gasteiger partial charge < -0.3 is 25.7 Å². The molecule has 0 saturated carbocycles. The molecule has 1 fully saturated rings. The third-order valence-electron chi connectivity index (χ3n) is 2.96. The number of aliphatic hydroxyl groups is 1. The van der Waals surface area contributed by atoms with Crippen LogP contribution in [0.3, 0.4) is 0 Å². The van der Waals surface area contributed by atoms with Crippen molar-refractivity contribution in [2.45, 2.75) is 31.0 Å². The van der Waals surface area contributed by atoms with Gasteiger partial charge in [0, 0.05) is 19.1 Å². The summed E-state index contributed by atoms with van der Waals surface area (Å²) in [5, 5.41) is 18.3. The fourth-order valence-corrected chi connectivity index (χ4v) is 2.24. The predicted octanol–water partition coefficient (Wildman–Crippen LogP) is -1.69. The molecule has 1 aliphatic heterocycles. The van der Waals surface area contributed by atoms with Gasteiger partial charge in [-0.1, -0.05) is 0 Å². The van der Waals surface area contributed by atoms with Crippen LogP contribution < -0.4 is 5.73 Å². The van der Waals surface area contributed by atoms with Crippen molar-refractivity contribution in [2.75, 3.05) is 27.2 Å². The molecule has 0 aromatic rings. The average molecular weight is 259 g/mol. The van der Waals surface area contributed by atoms with E-state index in [9.17, 15) is 14.7 Å². The van der Waals surface area contributed by atoms with Gasteiger partial charge in [0.1, 0.15) is 0 Å². The Hall–Kier alpha value is -1.18. The van der Waals surface area contributed by atoms with E-state index in [1.165, 1.54) is 4.90 Å². The normalized spacial score (nSPS) is 25.5. The van der Waals surface area contributed by atoms with Crippen LogP contribution in [-0.4, -0.2) is 77.3 Å². The van der Waals surface area contributed by atoms with Gasteiger partial charge in [0.25, 0.3) is 0 Å². The van der Waals surface area contributed by atoms with Crippen LogP contribution in [0, 0.1) is 0 Å². The Kier molecular flexibility index (Phi) is 5.06. The van der Waals surface area contributed by atoms with Crippen LogP contribution in [0.2, 0.25) is 0 Å². The second-order valence-electron chi connectivity index (χ2n) is 5.00. The number of likely N-dealkylation sites (N-methyl/N-ethyl adjacent to an activating group) is 1. The first-order valence-corrected chi connectivity index (χ1v) is 5.92. The van der Waals surface area contributed by atoms with Crippen LogP contribution in [0.15, 0.2) is 0 Å². The molecule has 3 unspecified atom stereocenters. The van der Waals surface area contributed by atoms with E-state index in [0.29, 0.717) is 13.0 Å². The summed E-state index contributed by atoms with van der Waals surface area (Å²) < 4.78 is 0. The SMILES string of the molecule is CN(C)CC1CC(O)CN1C(=O)C(N)CC(=O)O. The zero-order valence-electron chi connectivity index (χ0n) is 10.7. The first-order valence-electron chi connectivity index (χ1n) is 5.92. The minimum Gasteiger partial charge on any atom is -0.481 e. The average Bonchev–Trinajstić information content (AvgIpc) is 2.56. The molecule has 3 atom stereocenters. The Labute approximate surface area is 106 Å². The lowest BCUT2D eigenvalue weighted by Crippen LogP contribution is -2.49. The maximum absolute atomic E-state index is 12.0. The van der Waals surface area contributed by atoms with Gasteiger partial charge in [-0.2, -0.15) is 0 Å². The van der Waals surface area contributed by atoms with Crippen LogP contribution in [0.25, 0.3) is 0 Å². The molecule has 0 aromatic carbocycles. The number of nitrogens with two attached hydrogens (primary N) is 1. The van der Waals surface area contributed by atoms with Crippen LogP contribution in [0.5, 0.6) is 0 Å². The zero-order valence-corrected chi connectivity index (χ0v) is 10.7. The molecule has 1 amide bonds. The molecule has 1 aliphatic rings. The largest absolute Gasteiger partial charge is 0.481 e. The number of carboxylic acid groups (broad SMARTS) is 1. The summed E-state index contributed by atoms with van der Waals surface area (Å²) in [6, 6.07) is -1.15. The number of aliphatic hydroxyl groups excluding tert-OH is 1. The van der Waals surface area contributed by atoms with E-state index in [4.69, 9.17) is 10.8 Å². The second kappa shape index (κ2) is 6.12. The van der Waals surface area contributed by atoms with Gasteiger partial charge in [-0.15, -0.1) is 0 Å². The van der Waals surface area contributed by atoms with Crippen molar-refractivity contribution < 1.29 is 19.8 Å². The predicted molar refractivity (Wildman–Crippen MR) is 64.9 cm³/mol. The number of carboxylic acids is 1. The molecule has 4 N–H and O–H groups in total. The Morgan fingerprint density at radius 1 is 1.50 bits per heavy atom. The topological polar surface area (TPSA) is 107 Å². The van der Waals surface area contributed by atoms with Crippen molar-refractivity contribution in [3.8, 4) is 0 Å². The quantitative estimate of drug-likeness (QED) is 0.544. The number of hydrogen-bond acceptors (Lipinski definition) is 5. The van der Waals surface area contributed by atoms with Gasteiger partial charge in [-0.05, 0) is 20.5 Å². The summed E-state index contributed by atoms with van der Waals surface area (Å²) in [5.41, 5.74) is 5.57. The highest BCUT2D eigenvalue weighted by molar-refractivity contribution is 5.86. The minimum absolute atomic E-state index is 0.109. The summed E-state index contributed by atoms with van der Waals surface area (Å²) in [6.45, 7) is 0.854. The molecule has 0 aliphatic carbocycles. The van der Waals surface area contributed by atoms with E-state index in [1.807, 2.05) is 19.0 Å². The smallest absolute Gasteiger partial charge is 0.305 e. The number of rotatable bonds is 5. The molecular weight excluding hydrogens is 238 g/mol. The zero-order chi connectivity index (χ0) is 13.9. The Bertz CT molecular complexity index is 321. The standard InChI is InChI=1S/C11H21N3O4/c1-13(2)5-7-3-8(15)6-14(7)11(18)9(12)4-10(16)17/h7-9,15H,3-6,12H2,1-2H3,(H,16,17). The summed E-state index contributed by atoms with van der Waals surface area (Å²) in [4.78, 5) is 26.0. The highest BCUT2D eigenvalue weighted by Crippen LogP contribution is 2.19. The first-order chi connectivity index (χ1) is 8.31. The van der Waals surface area contributed by atoms with E-state index in [1.54, 1.807) is 0 Å². The molecule has 1 heterocycles.